The number of nitrogens with one attached hydrogen (secondary N) is 1. The normalized spacial score (nSPS) is 27.8. The van der Waals surface area contributed by atoms with Crippen molar-refractivity contribution in [2.45, 2.75) is 45.1 Å². The van der Waals surface area contributed by atoms with E-state index in [1.54, 1.807) is 11.1 Å². The minimum atomic E-state index is 0.630. The van der Waals surface area contributed by atoms with Gasteiger partial charge in [0.15, 0.2) is 0 Å². The smallest absolute Gasteiger partial charge is 0.0357 e. The minimum Gasteiger partial charge on any atom is -0.314 e. The second-order valence-corrected chi connectivity index (χ2v) is 6.48. The number of benzene rings is 1. The summed E-state index contributed by atoms with van der Waals surface area (Å²) in [6.45, 7) is 11.6. The lowest BCUT2D eigenvalue weighted by molar-refractivity contribution is 0.170. The largest absolute Gasteiger partial charge is 0.314 e. The Labute approximate surface area is 117 Å². The molecule has 0 saturated carbocycles. The maximum atomic E-state index is 3.46. The van der Waals surface area contributed by atoms with E-state index in [2.05, 4.69) is 49.2 Å². The summed E-state index contributed by atoms with van der Waals surface area (Å²) in [7, 11) is 0. The Hall–Kier alpha value is -0.860. The molecule has 0 aromatic heterocycles. The fraction of sp³-hybridized carbons (Fsp3) is 0.647. The first kappa shape index (κ1) is 13.1. The first-order valence-electron chi connectivity index (χ1n) is 7.75. The van der Waals surface area contributed by atoms with E-state index in [4.69, 9.17) is 0 Å². The van der Waals surface area contributed by atoms with Crippen LogP contribution in [0.15, 0.2) is 18.2 Å². The third kappa shape index (κ3) is 2.44. The predicted octanol–water partition coefficient (Wildman–Crippen LogP) is 3.26. The molecule has 0 amide bonds. The molecule has 2 nitrogen and oxygen atoms in total. The molecule has 0 radical (unpaired) electrons. The number of hydrogen-bond donors (Lipinski definition) is 1. The van der Waals surface area contributed by atoms with Gasteiger partial charge in [-0.3, -0.25) is 4.90 Å². The van der Waals surface area contributed by atoms with Gasteiger partial charge in [0, 0.05) is 32.2 Å². The summed E-state index contributed by atoms with van der Waals surface area (Å²) < 4.78 is 0. The quantitative estimate of drug-likeness (QED) is 0.876. The van der Waals surface area contributed by atoms with E-state index in [1.807, 2.05) is 0 Å². The topological polar surface area (TPSA) is 15.3 Å². The first-order valence-corrected chi connectivity index (χ1v) is 7.75. The van der Waals surface area contributed by atoms with Gasteiger partial charge in [0.2, 0.25) is 0 Å². The predicted molar refractivity (Wildman–Crippen MR) is 80.7 cm³/mol. The molecule has 1 heterocycles. The van der Waals surface area contributed by atoms with Crippen molar-refractivity contribution in [1.29, 1.82) is 0 Å². The van der Waals surface area contributed by atoms with Crippen LogP contribution in [-0.4, -0.2) is 31.1 Å². The van der Waals surface area contributed by atoms with Gasteiger partial charge in [0.05, 0.1) is 0 Å². The van der Waals surface area contributed by atoms with Crippen LogP contribution in [0.2, 0.25) is 0 Å². The van der Waals surface area contributed by atoms with E-state index >= 15 is 0 Å². The molecule has 1 saturated heterocycles. The van der Waals surface area contributed by atoms with Gasteiger partial charge in [-0.25, -0.2) is 0 Å². The van der Waals surface area contributed by atoms with Gasteiger partial charge in [0.25, 0.3) is 0 Å². The molecule has 2 atom stereocenters. The molecule has 1 N–H and O–H groups in total. The van der Waals surface area contributed by atoms with Crippen LogP contribution >= 0.6 is 0 Å². The van der Waals surface area contributed by atoms with E-state index < -0.39 is 0 Å². The molecule has 2 heteroatoms. The van der Waals surface area contributed by atoms with Crippen LogP contribution in [0.1, 0.15) is 61.8 Å². The highest BCUT2D eigenvalue weighted by atomic mass is 15.2. The number of fused-ring (bicyclic) bond motifs is 1. The maximum absolute atomic E-state index is 3.46. The lowest BCUT2D eigenvalue weighted by atomic mass is 9.96. The standard InChI is InChI=1S/C17H26N2/c1-12(2)14-4-5-15-13(3)10-17(16(15)11-14)19-8-6-18-7-9-19/h4-5,11-13,17-18H,6-10H2,1-3H3. The van der Waals surface area contributed by atoms with Crippen molar-refractivity contribution in [3.8, 4) is 0 Å². The summed E-state index contributed by atoms with van der Waals surface area (Å²) in [6, 6.07) is 7.86. The summed E-state index contributed by atoms with van der Waals surface area (Å²) in [5, 5.41) is 3.46. The SMILES string of the molecule is CC(C)c1ccc2c(c1)C(N1CCNCC1)CC2C. The molecule has 0 bridgehead atoms. The van der Waals surface area contributed by atoms with Gasteiger partial charge < -0.3 is 5.32 Å². The molecule has 1 aromatic carbocycles. The van der Waals surface area contributed by atoms with Crippen LogP contribution in [0.4, 0.5) is 0 Å². The molecule has 1 aromatic rings. The second-order valence-electron chi connectivity index (χ2n) is 6.48. The number of rotatable bonds is 2. The molecular formula is C17H26N2. The van der Waals surface area contributed by atoms with Gasteiger partial charge in [-0.1, -0.05) is 39.0 Å². The lowest BCUT2D eigenvalue weighted by Gasteiger charge is -2.33. The summed E-state index contributed by atoms with van der Waals surface area (Å²) >= 11 is 0. The summed E-state index contributed by atoms with van der Waals surface area (Å²) in [6.07, 6.45) is 1.30. The average Bonchev–Trinajstić information content (AvgIpc) is 2.77. The Balaban J connectivity index is 1.92. The second kappa shape index (κ2) is 5.26. The molecule has 104 valence electrons. The zero-order valence-corrected chi connectivity index (χ0v) is 12.4. The third-order valence-electron chi connectivity index (χ3n) is 4.84. The van der Waals surface area contributed by atoms with E-state index in [1.165, 1.54) is 25.1 Å². The highest BCUT2D eigenvalue weighted by Crippen LogP contribution is 2.44. The summed E-state index contributed by atoms with van der Waals surface area (Å²) in [4.78, 5) is 2.68. The monoisotopic (exact) mass is 258 g/mol. The van der Waals surface area contributed by atoms with Gasteiger partial charge in [0.1, 0.15) is 0 Å². The van der Waals surface area contributed by atoms with E-state index in [0.29, 0.717) is 12.0 Å². The Bertz CT molecular complexity index is 447. The van der Waals surface area contributed by atoms with Crippen LogP contribution in [0.3, 0.4) is 0 Å². The van der Waals surface area contributed by atoms with Crippen molar-refractivity contribution < 1.29 is 0 Å². The van der Waals surface area contributed by atoms with Gasteiger partial charge in [-0.15, -0.1) is 0 Å². The third-order valence-corrected chi connectivity index (χ3v) is 4.84. The average molecular weight is 258 g/mol. The highest BCUT2D eigenvalue weighted by Gasteiger charge is 2.33. The van der Waals surface area contributed by atoms with Crippen molar-refractivity contribution in [1.82, 2.24) is 10.2 Å². The van der Waals surface area contributed by atoms with Crippen molar-refractivity contribution in [3.05, 3.63) is 34.9 Å². The molecular weight excluding hydrogens is 232 g/mol. The van der Waals surface area contributed by atoms with Crippen molar-refractivity contribution >= 4 is 0 Å². The molecule has 1 aliphatic carbocycles. The van der Waals surface area contributed by atoms with Crippen molar-refractivity contribution in [2.75, 3.05) is 26.2 Å². The zero-order chi connectivity index (χ0) is 13.4. The molecule has 3 rings (SSSR count). The molecule has 0 spiro atoms. The Morgan fingerprint density at radius 2 is 1.89 bits per heavy atom. The molecule has 19 heavy (non-hydrogen) atoms. The van der Waals surface area contributed by atoms with E-state index in [-0.39, 0.29) is 0 Å². The van der Waals surface area contributed by atoms with E-state index in [0.717, 1.165) is 19.0 Å². The van der Waals surface area contributed by atoms with E-state index in [9.17, 15) is 0 Å². The Morgan fingerprint density at radius 1 is 1.16 bits per heavy atom. The first-order chi connectivity index (χ1) is 9.16. The van der Waals surface area contributed by atoms with Crippen LogP contribution in [0.5, 0.6) is 0 Å². The van der Waals surface area contributed by atoms with Crippen molar-refractivity contribution in [3.63, 3.8) is 0 Å². The lowest BCUT2D eigenvalue weighted by Crippen LogP contribution is -2.44. The van der Waals surface area contributed by atoms with Crippen LogP contribution in [0.25, 0.3) is 0 Å². The Kier molecular flexibility index (Phi) is 3.64. The fourth-order valence-corrected chi connectivity index (χ4v) is 3.62. The molecule has 2 aliphatic rings. The van der Waals surface area contributed by atoms with Crippen LogP contribution < -0.4 is 5.32 Å². The molecule has 1 aliphatic heterocycles. The highest BCUT2D eigenvalue weighted by molar-refractivity contribution is 5.41. The number of hydrogen-bond acceptors (Lipinski definition) is 2. The number of nitrogens with zero attached hydrogens (tertiary/aromatic N) is 1. The number of piperazine rings is 1. The van der Waals surface area contributed by atoms with Gasteiger partial charge in [-0.05, 0) is 34.9 Å². The summed E-state index contributed by atoms with van der Waals surface area (Å²) in [5.74, 6) is 1.35. The zero-order valence-electron chi connectivity index (χ0n) is 12.4. The van der Waals surface area contributed by atoms with Crippen LogP contribution in [-0.2, 0) is 0 Å². The minimum absolute atomic E-state index is 0.630. The van der Waals surface area contributed by atoms with Gasteiger partial charge in [-0.2, -0.15) is 0 Å². The maximum Gasteiger partial charge on any atom is 0.0357 e. The van der Waals surface area contributed by atoms with Crippen LogP contribution in [0, 0.1) is 0 Å². The molecule has 1 fully saturated rings. The van der Waals surface area contributed by atoms with Gasteiger partial charge >= 0.3 is 0 Å². The van der Waals surface area contributed by atoms with Crippen molar-refractivity contribution in [2.24, 2.45) is 0 Å². The Morgan fingerprint density at radius 3 is 2.58 bits per heavy atom. The molecule has 2 unspecified atom stereocenters. The summed E-state index contributed by atoms with van der Waals surface area (Å²) in [5.41, 5.74) is 4.70. The fourth-order valence-electron chi connectivity index (χ4n) is 3.62.